The maximum atomic E-state index is 13.4. The molecule has 8 heteroatoms. The number of carbonyl (C=O) groups is 1. The second kappa shape index (κ2) is 5.88. The van der Waals surface area contributed by atoms with Gasteiger partial charge in [0.05, 0.1) is 5.69 Å². The second-order valence-corrected chi connectivity index (χ2v) is 7.65. The molecule has 3 aliphatic rings. The van der Waals surface area contributed by atoms with Crippen molar-refractivity contribution in [3.05, 3.63) is 45.3 Å². The molecule has 1 aliphatic carbocycles. The van der Waals surface area contributed by atoms with Gasteiger partial charge in [0.15, 0.2) is 0 Å². The maximum Gasteiger partial charge on any atom is 0.276 e. The van der Waals surface area contributed by atoms with Gasteiger partial charge in [-0.2, -0.15) is 0 Å². The first-order valence-corrected chi connectivity index (χ1v) is 9.49. The van der Waals surface area contributed by atoms with Gasteiger partial charge in [-0.3, -0.25) is 14.2 Å². The van der Waals surface area contributed by atoms with Crippen LogP contribution in [0.5, 0.6) is 0 Å². The van der Waals surface area contributed by atoms with Crippen molar-refractivity contribution in [1.82, 2.24) is 25.2 Å². The molecule has 1 spiro atoms. The lowest BCUT2D eigenvalue weighted by molar-refractivity contribution is 0.0876. The minimum atomic E-state index is -0.584. The van der Waals surface area contributed by atoms with Crippen molar-refractivity contribution in [3.63, 3.8) is 0 Å². The summed E-state index contributed by atoms with van der Waals surface area (Å²) in [6.07, 6.45) is 6.25. The zero-order valence-electron chi connectivity index (χ0n) is 15.3. The van der Waals surface area contributed by atoms with Crippen molar-refractivity contribution in [1.29, 1.82) is 0 Å². The van der Waals surface area contributed by atoms with Gasteiger partial charge in [-0.1, -0.05) is 6.42 Å². The van der Waals surface area contributed by atoms with Gasteiger partial charge in [0.2, 0.25) is 0 Å². The molecule has 2 aliphatic heterocycles. The number of rotatable bonds is 2. The summed E-state index contributed by atoms with van der Waals surface area (Å²) in [5.41, 5.74) is 2.91. The number of amides is 1. The monoisotopic (exact) mass is 366 g/mol. The molecule has 5 rings (SSSR count). The highest BCUT2D eigenvalue weighted by Crippen LogP contribution is 2.37. The predicted octanol–water partition coefficient (Wildman–Crippen LogP) is 1.65. The molecule has 2 aromatic rings. The van der Waals surface area contributed by atoms with E-state index in [4.69, 9.17) is 0 Å². The van der Waals surface area contributed by atoms with Crippen LogP contribution >= 0.6 is 0 Å². The van der Waals surface area contributed by atoms with E-state index >= 15 is 0 Å². The Kier molecular flexibility index (Phi) is 3.58. The fourth-order valence-corrected chi connectivity index (χ4v) is 4.66. The molecule has 0 aromatic carbocycles. The van der Waals surface area contributed by atoms with Crippen molar-refractivity contribution in [2.45, 2.75) is 57.8 Å². The molecule has 0 bridgehead atoms. The summed E-state index contributed by atoms with van der Waals surface area (Å²) in [6, 6.07) is 1.76. The van der Waals surface area contributed by atoms with Crippen molar-refractivity contribution < 1.29 is 4.79 Å². The number of aryl methyl sites for hydroxylation is 1. The van der Waals surface area contributed by atoms with Gasteiger partial charge < -0.3 is 16.0 Å². The highest BCUT2D eigenvalue weighted by Gasteiger charge is 2.45. The zero-order valence-corrected chi connectivity index (χ0v) is 15.3. The minimum Gasteiger partial charge on any atom is -0.335 e. The molecule has 1 fully saturated rings. The smallest absolute Gasteiger partial charge is 0.276 e. The van der Waals surface area contributed by atoms with E-state index in [2.05, 4.69) is 25.9 Å². The summed E-state index contributed by atoms with van der Waals surface area (Å²) >= 11 is 0. The van der Waals surface area contributed by atoms with Crippen molar-refractivity contribution in [2.75, 3.05) is 5.32 Å². The van der Waals surface area contributed by atoms with Gasteiger partial charge in [0.25, 0.3) is 11.5 Å². The molecule has 1 amide bonds. The lowest BCUT2D eigenvalue weighted by Crippen LogP contribution is -2.48. The average Bonchev–Trinajstić information content (AvgIpc) is 3.24. The third kappa shape index (κ3) is 2.39. The van der Waals surface area contributed by atoms with Crippen LogP contribution in [0.1, 0.15) is 59.4 Å². The van der Waals surface area contributed by atoms with Crippen LogP contribution in [0.25, 0.3) is 0 Å². The van der Waals surface area contributed by atoms with E-state index in [1.54, 1.807) is 10.6 Å². The number of hydrogen-bond donors (Lipinski definition) is 3. The molecule has 140 valence electrons. The summed E-state index contributed by atoms with van der Waals surface area (Å²) in [5, 5.41) is 9.58. The molecule has 27 heavy (non-hydrogen) atoms. The Morgan fingerprint density at radius 2 is 1.96 bits per heavy atom. The molecule has 0 unspecified atom stereocenters. The van der Waals surface area contributed by atoms with E-state index in [1.807, 2.05) is 6.92 Å². The number of hydrogen-bond acceptors (Lipinski definition) is 6. The molecular formula is C19H22N6O2. The number of fused-ring (bicyclic) bond motifs is 3. The van der Waals surface area contributed by atoms with Gasteiger partial charge in [-0.15, -0.1) is 0 Å². The Balaban J connectivity index is 1.63. The van der Waals surface area contributed by atoms with Crippen LogP contribution in [-0.4, -0.2) is 20.4 Å². The quantitative estimate of drug-likeness (QED) is 0.747. The summed E-state index contributed by atoms with van der Waals surface area (Å²) < 4.78 is 1.70. The van der Waals surface area contributed by atoms with E-state index in [-0.39, 0.29) is 11.5 Å². The summed E-state index contributed by atoms with van der Waals surface area (Å²) in [6.45, 7) is 3.26. The van der Waals surface area contributed by atoms with E-state index in [0.717, 1.165) is 48.9 Å². The highest BCUT2D eigenvalue weighted by atomic mass is 16.2. The fraction of sp³-hybridized carbons (Fsp3) is 0.474. The lowest BCUT2D eigenvalue weighted by atomic mass is 9.89. The molecule has 4 heterocycles. The van der Waals surface area contributed by atoms with Gasteiger partial charge in [-0.05, 0) is 44.2 Å². The predicted molar refractivity (Wildman–Crippen MR) is 99.8 cm³/mol. The van der Waals surface area contributed by atoms with Gasteiger partial charge >= 0.3 is 0 Å². The Morgan fingerprint density at radius 1 is 1.15 bits per heavy atom. The maximum absolute atomic E-state index is 13.4. The third-order valence-electron chi connectivity index (χ3n) is 5.94. The van der Waals surface area contributed by atoms with E-state index in [1.165, 1.54) is 6.33 Å². The molecule has 0 atom stereocenters. The zero-order chi connectivity index (χ0) is 18.6. The number of anilines is 2. The highest BCUT2D eigenvalue weighted by molar-refractivity contribution is 5.97. The Labute approximate surface area is 156 Å². The summed E-state index contributed by atoms with van der Waals surface area (Å²) in [4.78, 5) is 34.6. The first-order chi connectivity index (χ1) is 13.1. The SMILES string of the molecule is Cc1cc(Nc2ncnc3c2CNC3)c(=O)n2c1C(=O)NC21CCCCC1. The Hall–Kier alpha value is -2.74. The minimum absolute atomic E-state index is 0.148. The Morgan fingerprint density at radius 3 is 2.78 bits per heavy atom. The normalized spacial score (nSPS) is 19.7. The number of nitrogens with zero attached hydrogens (tertiary/aromatic N) is 3. The van der Waals surface area contributed by atoms with Gasteiger partial charge in [-0.25, -0.2) is 9.97 Å². The molecule has 3 N–H and O–H groups in total. The second-order valence-electron chi connectivity index (χ2n) is 7.65. The van der Waals surface area contributed by atoms with Gasteiger partial charge in [0.1, 0.15) is 29.2 Å². The van der Waals surface area contributed by atoms with E-state index in [0.29, 0.717) is 30.3 Å². The van der Waals surface area contributed by atoms with Crippen LogP contribution in [0.15, 0.2) is 17.2 Å². The van der Waals surface area contributed by atoms with Crippen LogP contribution in [0, 0.1) is 6.92 Å². The summed E-state index contributed by atoms with van der Waals surface area (Å²) in [7, 11) is 0. The lowest BCUT2D eigenvalue weighted by Gasteiger charge is -2.35. The number of pyridine rings is 1. The molecule has 8 nitrogen and oxygen atoms in total. The fourth-order valence-electron chi connectivity index (χ4n) is 4.66. The number of nitrogens with one attached hydrogen (secondary N) is 3. The first-order valence-electron chi connectivity index (χ1n) is 9.49. The van der Waals surface area contributed by atoms with E-state index < -0.39 is 5.66 Å². The molecule has 0 radical (unpaired) electrons. The standard InChI is InChI=1S/C19H22N6O2/c1-11-7-13(23-16-12-8-20-9-14(12)21-10-22-16)18(27)25-15(11)17(26)24-19(25)5-3-2-4-6-19/h7,10,20H,2-6,8-9H2,1H3,(H,24,26)(H,21,22,23). The van der Waals surface area contributed by atoms with Crippen molar-refractivity contribution >= 4 is 17.4 Å². The summed E-state index contributed by atoms with van der Waals surface area (Å²) in [5.74, 6) is 0.502. The van der Waals surface area contributed by atoms with E-state index in [9.17, 15) is 9.59 Å². The number of carbonyl (C=O) groups excluding carboxylic acids is 1. The number of aromatic nitrogens is 3. The van der Waals surface area contributed by atoms with Crippen LogP contribution < -0.4 is 21.5 Å². The third-order valence-corrected chi connectivity index (χ3v) is 5.94. The topological polar surface area (TPSA) is 101 Å². The Bertz CT molecular complexity index is 1010. The van der Waals surface area contributed by atoms with Gasteiger partial charge in [0, 0.05) is 18.7 Å². The molecule has 1 saturated carbocycles. The van der Waals surface area contributed by atoms with Crippen molar-refractivity contribution in [2.24, 2.45) is 0 Å². The molecule has 2 aromatic heterocycles. The largest absolute Gasteiger partial charge is 0.335 e. The van der Waals surface area contributed by atoms with Crippen molar-refractivity contribution in [3.8, 4) is 0 Å². The molecule has 0 saturated heterocycles. The molecular weight excluding hydrogens is 344 g/mol. The van der Waals surface area contributed by atoms with Crippen LogP contribution in [0.2, 0.25) is 0 Å². The van der Waals surface area contributed by atoms with Crippen LogP contribution in [0.4, 0.5) is 11.5 Å². The van der Waals surface area contributed by atoms with Crippen LogP contribution in [0.3, 0.4) is 0 Å². The van der Waals surface area contributed by atoms with Crippen LogP contribution in [-0.2, 0) is 18.8 Å². The first kappa shape index (κ1) is 16.4. The average molecular weight is 366 g/mol.